The molecule has 0 N–H and O–H groups in total. The molecule has 0 spiro atoms. The number of thioether (sulfide) groups is 1. The third-order valence-electron chi connectivity index (χ3n) is 4.59. The van der Waals surface area contributed by atoms with E-state index in [0.29, 0.717) is 39.6 Å². The van der Waals surface area contributed by atoms with Crippen molar-refractivity contribution in [2.45, 2.75) is 17.5 Å². The zero-order valence-electron chi connectivity index (χ0n) is 15.6. The minimum atomic E-state index is -0.237. The van der Waals surface area contributed by atoms with E-state index in [0.717, 1.165) is 11.1 Å². The van der Waals surface area contributed by atoms with E-state index in [-0.39, 0.29) is 17.9 Å². The van der Waals surface area contributed by atoms with Crippen molar-refractivity contribution in [3.63, 3.8) is 0 Å². The second-order valence-electron chi connectivity index (χ2n) is 6.62. The average molecular weight is 439 g/mol. The maximum Gasteiger partial charge on any atom is 0.282 e. The van der Waals surface area contributed by atoms with Crippen LogP contribution < -0.4 is 15.0 Å². The van der Waals surface area contributed by atoms with E-state index >= 15 is 0 Å². The van der Waals surface area contributed by atoms with Gasteiger partial charge >= 0.3 is 0 Å². The first-order chi connectivity index (χ1) is 14.7. The van der Waals surface area contributed by atoms with E-state index < -0.39 is 0 Å². The van der Waals surface area contributed by atoms with Crippen LogP contribution in [0.1, 0.15) is 11.1 Å². The molecule has 9 heteroatoms. The number of nitrogens with zero attached hydrogens (tertiary/aromatic N) is 4. The fraction of sp³-hybridized carbons (Fsp3) is 0.143. The standard InChI is InChI=1S/C21H15ClN4O3S/c22-15-3-1-2-14(8-15)11-30-21-25-19-18(23-6-7-24-19)20(27)26(21)10-13-4-5-16-17(9-13)29-12-28-16/h1-9H,10-12H2. The second kappa shape index (κ2) is 7.97. The van der Waals surface area contributed by atoms with Gasteiger partial charge in [0.25, 0.3) is 5.56 Å². The third-order valence-corrected chi connectivity index (χ3v) is 5.88. The Bertz CT molecular complexity index is 1310. The Hall–Kier alpha value is -3.10. The molecule has 4 aromatic rings. The fourth-order valence-electron chi connectivity index (χ4n) is 3.18. The molecule has 0 atom stereocenters. The fourth-order valence-corrected chi connectivity index (χ4v) is 4.32. The first kappa shape index (κ1) is 18.9. The average Bonchev–Trinajstić information content (AvgIpc) is 3.22. The van der Waals surface area contributed by atoms with Crippen LogP contribution in [0.3, 0.4) is 0 Å². The summed E-state index contributed by atoms with van der Waals surface area (Å²) in [5.41, 5.74) is 2.27. The molecule has 30 heavy (non-hydrogen) atoms. The van der Waals surface area contributed by atoms with E-state index in [4.69, 9.17) is 21.1 Å². The van der Waals surface area contributed by atoms with Gasteiger partial charge in [0.1, 0.15) is 0 Å². The number of halogens is 1. The molecule has 0 saturated heterocycles. The van der Waals surface area contributed by atoms with Crippen LogP contribution in [-0.4, -0.2) is 26.3 Å². The largest absolute Gasteiger partial charge is 0.454 e. The summed E-state index contributed by atoms with van der Waals surface area (Å²) in [6.45, 7) is 0.527. The predicted molar refractivity (Wildman–Crippen MR) is 114 cm³/mol. The predicted octanol–water partition coefficient (Wildman–Crippen LogP) is 3.91. The summed E-state index contributed by atoms with van der Waals surface area (Å²) in [5.74, 6) is 1.98. The summed E-state index contributed by atoms with van der Waals surface area (Å²) in [7, 11) is 0. The molecule has 150 valence electrons. The Morgan fingerprint density at radius 1 is 1.03 bits per heavy atom. The highest BCUT2D eigenvalue weighted by Crippen LogP contribution is 2.33. The third kappa shape index (κ3) is 3.71. The zero-order valence-corrected chi connectivity index (χ0v) is 17.2. The van der Waals surface area contributed by atoms with E-state index in [2.05, 4.69) is 15.0 Å². The lowest BCUT2D eigenvalue weighted by atomic mass is 10.2. The maximum absolute atomic E-state index is 13.2. The van der Waals surface area contributed by atoms with Gasteiger partial charge in [-0.2, -0.15) is 0 Å². The summed E-state index contributed by atoms with van der Waals surface area (Å²) >= 11 is 7.55. The van der Waals surface area contributed by atoms with Crippen molar-refractivity contribution in [1.82, 2.24) is 19.5 Å². The Labute approximate surface area is 180 Å². The van der Waals surface area contributed by atoms with Gasteiger partial charge in [0.15, 0.2) is 27.8 Å². The van der Waals surface area contributed by atoms with Gasteiger partial charge in [0.2, 0.25) is 6.79 Å². The lowest BCUT2D eigenvalue weighted by Gasteiger charge is -2.13. The molecule has 0 unspecified atom stereocenters. The first-order valence-electron chi connectivity index (χ1n) is 9.15. The summed E-state index contributed by atoms with van der Waals surface area (Å²) < 4.78 is 12.4. The highest BCUT2D eigenvalue weighted by molar-refractivity contribution is 7.98. The van der Waals surface area contributed by atoms with Gasteiger partial charge in [-0.05, 0) is 35.4 Å². The van der Waals surface area contributed by atoms with Gasteiger partial charge in [0, 0.05) is 23.2 Å². The minimum Gasteiger partial charge on any atom is -0.454 e. The van der Waals surface area contributed by atoms with Crippen molar-refractivity contribution in [1.29, 1.82) is 0 Å². The second-order valence-corrected chi connectivity index (χ2v) is 8.00. The molecule has 3 heterocycles. The highest BCUT2D eigenvalue weighted by atomic mass is 35.5. The minimum absolute atomic E-state index is 0.201. The summed E-state index contributed by atoms with van der Waals surface area (Å²) in [5, 5.41) is 1.23. The molecule has 2 aromatic heterocycles. The van der Waals surface area contributed by atoms with Crippen LogP contribution in [0.4, 0.5) is 0 Å². The SMILES string of the molecule is O=c1c2nccnc2nc(SCc2cccc(Cl)c2)n1Cc1ccc2c(c1)OCO2. The number of hydrogen-bond donors (Lipinski definition) is 0. The van der Waals surface area contributed by atoms with E-state index in [9.17, 15) is 4.79 Å². The van der Waals surface area contributed by atoms with Crippen molar-refractivity contribution in [3.8, 4) is 11.5 Å². The lowest BCUT2D eigenvalue weighted by molar-refractivity contribution is 0.174. The van der Waals surface area contributed by atoms with Gasteiger partial charge < -0.3 is 9.47 Å². The van der Waals surface area contributed by atoms with Gasteiger partial charge in [0.05, 0.1) is 6.54 Å². The Kier molecular flexibility index (Phi) is 5.02. The molecule has 0 bridgehead atoms. The van der Waals surface area contributed by atoms with Gasteiger partial charge in [-0.25, -0.2) is 15.0 Å². The first-order valence-corrected chi connectivity index (χ1v) is 10.5. The molecule has 0 radical (unpaired) electrons. The van der Waals surface area contributed by atoms with Crippen LogP contribution in [0, 0.1) is 0 Å². The topological polar surface area (TPSA) is 79.1 Å². The monoisotopic (exact) mass is 438 g/mol. The zero-order chi connectivity index (χ0) is 20.5. The summed E-state index contributed by atoms with van der Waals surface area (Å²) in [6.07, 6.45) is 3.03. The number of benzene rings is 2. The molecule has 0 amide bonds. The van der Waals surface area contributed by atoms with E-state index in [1.54, 1.807) is 4.57 Å². The Morgan fingerprint density at radius 2 is 1.90 bits per heavy atom. The van der Waals surface area contributed by atoms with Gasteiger partial charge in [-0.1, -0.05) is 41.6 Å². The molecule has 1 aliphatic rings. The Balaban J connectivity index is 1.53. The van der Waals surface area contributed by atoms with Crippen LogP contribution in [0.15, 0.2) is 64.8 Å². The quantitative estimate of drug-likeness (QED) is 0.345. The van der Waals surface area contributed by atoms with Crippen LogP contribution in [0.25, 0.3) is 11.2 Å². The summed E-state index contributed by atoms with van der Waals surface area (Å²) in [6, 6.07) is 13.2. The molecule has 0 aliphatic carbocycles. The number of aromatic nitrogens is 4. The number of fused-ring (bicyclic) bond motifs is 2. The lowest BCUT2D eigenvalue weighted by Crippen LogP contribution is -2.25. The molecule has 0 saturated carbocycles. The number of ether oxygens (including phenoxy) is 2. The van der Waals surface area contributed by atoms with Crippen LogP contribution in [0.2, 0.25) is 5.02 Å². The maximum atomic E-state index is 13.2. The van der Waals surface area contributed by atoms with Crippen LogP contribution in [0.5, 0.6) is 11.5 Å². The van der Waals surface area contributed by atoms with E-state index in [1.165, 1.54) is 24.2 Å². The van der Waals surface area contributed by atoms with Crippen molar-refractivity contribution >= 4 is 34.5 Å². The summed E-state index contributed by atoms with van der Waals surface area (Å²) in [4.78, 5) is 26.2. The van der Waals surface area contributed by atoms with E-state index in [1.807, 2.05) is 42.5 Å². The number of hydrogen-bond acceptors (Lipinski definition) is 7. The van der Waals surface area contributed by atoms with Crippen molar-refractivity contribution in [3.05, 3.63) is 81.4 Å². The van der Waals surface area contributed by atoms with Crippen molar-refractivity contribution < 1.29 is 9.47 Å². The van der Waals surface area contributed by atoms with Crippen molar-refractivity contribution in [2.24, 2.45) is 0 Å². The molecular weight excluding hydrogens is 424 g/mol. The van der Waals surface area contributed by atoms with Crippen LogP contribution in [-0.2, 0) is 12.3 Å². The van der Waals surface area contributed by atoms with Crippen molar-refractivity contribution in [2.75, 3.05) is 6.79 Å². The molecule has 2 aromatic carbocycles. The number of rotatable bonds is 5. The van der Waals surface area contributed by atoms with Crippen LogP contribution >= 0.6 is 23.4 Å². The molecule has 5 rings (SSSR count). The van der Waals surface area contributed by atoms with Gasteiger partial charge in [-0.15, -0.1) is 0 Å². The van der Waals surface area contributed by atoms with Gasteiger partial charge in [-0.3, -0.25) is 9.36 Å². The highest BCUT2D eigenvalue weighted by Gasteiger charge is 2.17. The Morgan fingerprint density at radius 3 is 2.80 bits per heavy atom. The molecule has 1 aliphatic heterocycles. The molecule has 7 nitrogen and oxygen atoms in total. The smallest absolute Gasteiger partial charge is 0.282 e. The molecular formula is C21H15ClN4O3S. The normalized spacial score (nSPS) is 12.4. The molecule has 0 fully saturated rings.